The van der Waals surface area contributed by atoms with Crippen LogP contribution in [0.1, 0.15) is 25.0 Å². The summed E-state index contributed by atoms with van der Waals surface area (Å²) < 4.78 is 10.8. The van der Waals surface area contributed by atoms with Gasteiger partial charge in [0, 0.05) is 16.8 Å². The zero-order valence-corrected chi connectivity index (χ0v) is 16.3. The number of anilines is 1. The van der Waals surface area contributed by atoms with Gasteiger partial charge in [-0.1, -0.05) is 29.8 Å². The van der Waals surface area contributed by atoms with E-state index in [-0.39, 0.29) is 18.6 Å². The van der Waals surface area contributed by atoms with Crippen molar-refractivity contribution < 1.29 is 19.1 Å². The summed E-state index contributed by atoms with van der Waals surface area (Å²) >= 11 is 5.90. The van der Waals surface area contributed by atoms with Crippen molar-refractivity contribution in [3.05, 3.63) is 58.6 Å². The van der Waals surface area contributed by atoms with Crippen molar-refractivity contribution in [2.24, 2.45) is 0 Å². The minimum absolute atomic E-state index is 0.0315. The van der Waals surface area contributed by atoms with Crippen LogP contribution in [-0.4, -0.2) is 30.6 Å². The number of aryl methyl sites for hydroxylation is 1. The number of nitrogens with zero attached hydrogens (tertiary/aromatic N) is 1. The molecule has 142 valence electrons. The van der Waals surface area contributed by atoms with Gasteiger partial charge < -0.3 is 14.4 Å². The molecule has 1 aliphatic rings. The molecule has 1 heterocycles. The molecule has 0 aliphatic carbocycles. The summed E-state index contributed by atoms with van der Waals surface area (Å²) in [4.78, 5) is 26.6. The average molecular weight is 388 g/mol. The van der Waals surface area contributed by atoms with Gasteiger partial charge in [0.1, 0.15) is 5.75 Å². The van der Waals surface area contributed by atoms with E-state index in [4.69, 9.17) is 21.1 Å². The lowest BCUT2D eigenvalue weighted by atomic mass is 10.1. The van der Waals surface area contributed by atoms with E-state index >= 15 is 0 Å². The summed E-state index contributed by atoms with van der Waals surface area (Å²) in [7, 11) is 0. The molecule has 0 saturated heterocycles. The van der Waals surface area contributed by atoms with Gasteiger partial charge in [-0.15, -0.1) is 0 Å². The first-order chi connectivity index (χ1) is 12.9. The van der Waals surface area contributed by atoms with Crippen LogP contribution in [0, 0.1) is 6.92 Å². The molecule has 1 aliphatic heterocycles. The third-order valence-corrected chi connectivity index (χ3v) is 4.82. The second-order valence-corrected chi connectivity index (χ2v) is 7.16. The minimum atomic E-state index is -0.888. The Morgan fingerprint density at radius 1 is 1.26 bits per heavy atom. The predicted molar refractivity (Wildman–Crippen MR) is 104 cm³/mol. The maximum Gasteiger partial charge on any atom is 0.344 e. The molecule has 0 radical (unpaired) electrons. The first kappa shape index (κ1) is 19.2. The molecule has 2 atom stereocenters. The third kappa shape index (κ3) is 4.25. The third-order valence-electron chi connectivity index (χ3n) is 4.58. The minimum Gasteiger partial charge on any atom is -0.482 e. The smallest absolute Gasteiger partial charge is 0.344 e. The second-order valence-electron chi connectivity index (χ2n) is 6.72. The fourth-order valence-electron chi connectivity index (χ4n) is 3.29. The molecule has 5 nitrogen and oxygen atoms in total. The quantitative estimate of drug-likeness (QED) is 0.729. The Bertz CT molecular complexity index is 867. The van der Waals surface area contributed by atoms with Crippen molar-refractivity contribution in [3.8, 4) is 5.75 Å². The van der Waals surface area contributed by atoms with Crippen molar-refractivity contribution in [1.29, 1.82) is 0 Å². The number of fused-ring (bicyclic) bond motifs is 1. The molecule has 0 bridgehead atoms. The van der Waals surface area contributed by atoms with E-state index in [0.717, 1.165) is 23.2 Å². The Labute approximate surface area is 163 Å². The first-order valence-electron chi connectivity index (χ1n) is 8.86. The number of carbonyl (C=O) groups excluding carboxylic acids is 2. The maximum absolute atomic E-state index is 12.8. The van der Waals surface area contributed by atoms with E-state index < -0.39 is 12.1 Å². The fourth-order valence-corrected chi connectivity index (χ4v) is 3.52. The van der Waals surface area contributed by atoms with Crippen LogP contribution in [0.2, 0.25) is 5.02 Å². The van der Waals surface area contributed by atoms with Crippen LogP contribution in [0.4, 0.5) is 5.69 Å². The molecule has 2 aromatic carbocycles. The van der Waals surface area contributed by atoms with E-state index in [0.29, 0.717) is 10.8 Å². The van der Waals surface area contributed by atoms with Gasteiger partial charge in [0.05, 0.1) is 0 Å². The summed E-state index contributed by atoms with van der Waals surface area (Å²) in [6, 6.07) is 12.9. The number of ether oxygens (including phenoxy) is 2. The van der Waals surface area contributed by atoms with Gasteiger partial charge in [0.25, 0.3) is 5.91 Å². The highest BCUT2D eigenvalue weighted by atomic mass is 35.5. The van der Waals surface area contributed by atoms with E-state index in [2.05, 4.69) is 0 Å². The van der Waals surface area contributed by atoms with Crippen LogP contribution in [-0.2, 0) is 20.7 Å². The molecular formula is C21H22ClNO4. The number of para-hydroxylation sites is 1. The van der Waals surface area contributed by atoms with Gasteiger partial charge in [0.15, 0.2) is 12.7 Å². The van der Waals surface area contributed by atoms with Crippen LogP contribution >= 0.6 is 11.6 Å². The van der Waals surface area contributed by atoms with Gasteiger partial charge in [-0.2, -0.15) is 0 Å². The monoisotopic (exact) mass is 387 g/mol. The zero-order valence-electron chi connectivity index (χ0n) is 15.6. The van der Waals surface area contributed by atoms with Crippen LogP contribution < -0.4 is 9.64 Å². The number of esters is 1. The Balaban J connectivity index is 1.59. The number of halogens is 1. The lowest BCUT2D eigenvalue weighted by molar-refractivity contribution is -0.155. The van der Waals surface area contributed by atoms with Crippen LogP contribution in [0.5, 0.6) is 5.75 Å². The fraction of sp³-hybridized carbons (Fsp3) is 0.333. The molecule has 27 heavy (non-hydrogen) atoms. The first-order valence-corrected chi connectivity index (χ1v) is 9.24. The molecule has 0 aromatic heterocycles. The number of rotatable bonds is 5. The molecule has 0 unspecified atom stereocenters. The molecule has 3 rings (SSSR count). The Kier molecular flexibility index (Phi) is 5.71. The predicted octanol–water partition coefficient (Wildman–Crippen LogP) is 3.94. The topological polar surface area (TPSA) is 55.8 Å². The number of carbonyl (C=O) groups is 2. The summed E-state index contributed by atoms with van der Waals surface area (Å²) in [6.45, 7) is 5.14. The van der Waals surface area contributed by atoms with E-state index in [1.165, 1.54) is 0 Å². The number of hydrogen-bond donors (Lipinski definition) is 0. The highest BCUT2D eigenvalue weighted by Crippen LogP contribution is 2.32. The van der Waals surface area contributed by atoms with Crippen molar-refractivity contribution in [1.82, 2.24) is 0 Å². The van der Waals surface area contributed by atoms with E-state index in [1.807, 2.05) is 38.1 Å². The Morgan fingerprint density at radius 2 is 2.00 bits per heavy atom. The number of benzene rings is 2. The van der Waals surface area contributed by atoms with Gasteiger partial charge in [-0.25, -0.2) is 4.79 Å². The van der Waals surface area contributed by atoms with Crippen molar-refractivity contribution in [2.75, 3.05) is 11.5 Å². The standard InChI is InChI=1S/C21H22ClNO4/c1-13-10-17(22)8-9-19(13)26-12-20(24)27-15(3)21(25)23-14(2)11-16-6-4-5-7-18(16)23/h4-10,14-15H,11-12H2,1-3H3/t14-,15+/m1/s1. The lowest BCUT2D eigenvalue weighted by Crippen LogP contribution is -2.43. The molecule has 0 saturated carbocycles. The average Bonchev–Trinajstić information content (AvgIpc) is 2.96. The summed E-state index contributed by atoms with van der Waals surface area (Å²) in [5.74, 6) is -0.272. The molecule has 1 amide bonds. The van der Waals surface area contributed by atoms with Gasteiger partial charge in [-0.3, -0.25) is 4.79 Å². The normalized spacial score (nSPS) is 16.6. The molecule has 6 heteroatoms. The van der Waals surface area contributed by atoms with Crippen molar-refractivity contribution in [3.63, 3.8) is 0 Å². The second kappa shape index (κ2) is 8.01. The van der Waals surface area contributed by atoms with E-state index in [1.54, 1.807) is 30.0 Å². The van der Waals surface area contributed by atoms with Crippen molar-refractivity contribution in [2.45, 2.75) is 39.3 Å². The highest BCUT2D eigenvalue weighted by molar-refractivity contribution is 6.30. The SMILES string of the molecule is Cc1cc(Cl)ccc1OCC(=O)O[C@@H](C)C(=O)N1c2ccccc2C[C@H]1C. The summed E-state index contributed by atoms with van der Waals surface area (Å²) in [6.07, 6.45) is -0.0948. The van der Waals surface area contributed by atoms with E-state index in [9.17, 15) is 9.59 Å². The van der Waals surface area contributed by atoms with Gasteiger partial charge in [-0.05, 0) is 62.6 Å². The van der Waals surface area contributed by atoms with Crippen molar-refractivity contribution >= 4 is 29.2 Å². The lowest BCUT2D eigenvalue weighted by Gasteiger charge is -2.25. The largest absolute Gasteiger partial charge is 0.482 e. The summed E-state index contributed by atoms with van der Waals surface area (Å²) in [5, 5.41) is 0.599. The van der Waals surface area contributed by atoms with Crippen LogP contribution in [0.15, 0.2) is 42.5 Å². The molecule has 0 spiro atoms. The van der Waals surface area contributed by atoms with Gasteiger partial charge >= 0.3 is 5.97 Å². The highest BCUT2D eigenvalue weighted by Gasteiger charge is 2.34. The van der Waals surface area contributed by atoms with Crippen LogP contribution in [0.3, 0.4) is 0 Å². The maximum atomic E-state index is 12.8. The van der Waals surface area contributed by atoms with Gasteiger partial charge in [0.2, 0.25) is 0 Å². The number of amides is 1. The Hall–Kier alpha value is -2.53. The number of hydrogen-bond acceptors (Lipinski definition) is 4. The summed E-state index contributed by atoms with van der Waals surface area (Å²) in [5.41, 5.74) is 2.83. The molecule has 0 N–H and O–H groups in total. The van der Waals surface area contributed by atoms with Crippen LogP contribution in [0.25, 0.3) is 0 Å². The molecular weight excluding hydrogens is 366 g/mol. The zero-order chi connectivity index (χ0) is 19.6. The molecule has 2 aromatic rings. The Morgan fingerprint density at radius 3 is 2.74 bits per heavy atom. The molecule has 0 fully saturated rings.